The van der Waals surface area contributed by atoms with Gasteiger partial charge in [0.05, 0.1) is 0 Å². The first-order chi connectivity index (χ1) is 14.2. The highest BCUT2D eigenvalue weighted by atomic mass is 16.5. The summed E-state index contributed by atoms with van der Waals surface area (Å²) in [5, 5.41) is 12.1. The Hall–Kier alpha value is -2.18. The van der Waals surface area contributed by atoms with Crippen LogP contribution in [0, 0.1) is 5.92 Å². The van der Waals surface area contributed by atoms with E-state index in [1.54, 1.807) is 11.6 Å². The van der Waals surface area contributed by atoms with Crippen LogP contribution in [0.4, 0.5) is 0 Å². The quantitative estimate of drug-likeness (QED) is 0.268. The summed E-state index contributed by atoms with van der Waals surface area (Å²) in [7, 11) is 0. The van der Waals surface area contributed by atoms with Crippen LogP contribution in [0.15, 0.2) is 30.3 Å². The Balaban J connectivity index is 1.63. The standard InChI is InChI=1S/C23H32N2O4/c26-21(25-28)14-13-17-7-6-8-18(15-17)16-24-22(19-9-2-1-3-10-19)23(27)29-20-11-4-5-12-20/h6-8,13-15,19-20,22,24,28H,1-5,9-12,16H2,(H,25,26)/t22-/m0/s1. The van der Waals surface area contributed by atoms with Crippen LogP contribution in [0.3, 0.4) is 0 Å². The third kappa shape index (κ3) is 6.68. The number of esters is 1. The number of hydrogen-bond acceptors (Lipinski definition) is 5. The van der Waals surface area contributed by atoms with E-state index in [1.165, 1.54) is 25.3 Å². The Kier molecular flexibility index (Phi) is 8.25. The van der Waals surface area contributed by atoms with E-state index in [4.69, 9.17) is 9.94 Å². The molecule has 0 aromatic heterocycles. The van der Waals surface area contributed by atoms with E-state index in [0.29, 0.717) is 12.5 Å². The minimum absolute atomic E-state index is 0.0847. The molecule has 3 N–H and O–H groups in total. The number of carbonyl (C=O) groups excluding carboxylic acids is 2. The van der Waals surface area contributed by atoms with Gasteiger partial charge in [0.15, 0.2) is 0 Å². The molecule has 0 unspecified atom stereocenters. The van der Waals surface area contributed by atoms with E-state index >= 15 is 0 Å². The third-order valence-corrected chi connectivity index (χ3v) is 5.97. The van der Waals surface area contributed by atoms with Gasteiger partial charge < -0.3 is 10.1 Å². The van der Waals surface area contributed by atoms with Crippen LogP contribution in [0.1, 0.15) is 68.9 Å². The minimum Gasteiger partial charge on any atom is -0.461 e. The lowest BCUT2D eigenvalue weighted by Gasteiger charge is -2.30. The van der Waals surface area contributed by atoms with Gasteiger partial charge in [-0.2, -0.15) is 0 Å². The second-order valence-corrected chi connectivity index (χ2v) is 8.15. The zero-order valence-electron chi connectivity index (χ0n) is 16.9. The average Bonchev–Trinajstić information content (AvgIpc) is 3.26. The minimum atomic E-state index is -0.569. The van der Waals surface area contributed by atoms with Crippen molar-refractivity contribution in [1.82, 2.24) is 10.8 Å². The lowest BCUT2D eigenvalue weighted by molar-refractivity contribution is -0.153. The Morgan fingerprint density at radius 3 is 2.55 bits per heavy atom. The maximum absolute atomic E-state index is 12.9. The molecule has 6 heteroatoms. The molecule has 29 heavy (non-hydrogen) atoms. The third-order valence-electron chi connectivity index (χ3n) is 5.97. The molecule has 0 heterocycles. The van der Waals surface area contributed by atoms with Crippen LogP contribution in [0.2, 0.25) is 0 Å². The van der Waals surface area contributed by atoms with Crippen LogP contribution in [-0.4, -0.2) is 29.2 Å². The van der Waals surface area contributed by atoms with Crippen LogP contribution in [-0.2, 0) is 20.9 Å². The SMILES string of the molecule is O=C(C=Cc1cccc(CN[C@H](C(=O)OC2CCCC2)C2CCCCC2)c1)NO. The number of ether oxygens (including phenoxy) is 1. The number of carbonyl (C=O) groups is 2. The van der Waals surface area contributed by atoms with E-state index in [-0.39, 0.29) is 18.1 Å². The van der Waals surface area contributed by atoms with Gasteiger partial charge >= 0.3 is 5.97 Å². The summed E-state index contributed by atoms with van der Waals surface area (Å²) in [5.41, 5.74) is 3.47. The molecule has 2 aliphatic rings. The van der Waals surface area contributed by atoms with Gasteiger partial charge in [-0.1, -0.05) is 43.5 Å². The Labute approximate surface area is 172 Å². The van der Waals surface area contributed by atoms with Gasteiger partial charge in [-0.05, 0) is 61.6 Å². The molecular weight excluding hydrogens is 368 g/mol. The van der Waals surface area contributed by atoms with Crippen LogP contribution >= 0.6 is 0 Å². The fourth-order valence-electron chi connectivity index (χ4n) is 4.40. The number of hydrogen-bond donors (Lipinski definition) is 3. The summed E-state index contributed by atoms with van der Waals surface area (Å²) in [6, 6.07) is 7.50. The molecule has 0 spiro atoms. The van der Waals surface area contributed by atoms with E-state index in [2.05, 4.69) is 5.32 Å². The molecule has 1 amide bonds. The largest absolute Gasteiger partial charge is 0.461 e. The number of rotatable bonds is 8. The normalized spacial score (nSPS) is 19.3. The van der Waals surface area contributed by atoms with Crippen molar-refractivity contribution in [2.24, 2.45) is 5.92 Å². The zero-order chi connectivity index (χ0) is 20.5. The van der Waals surface area contributed by atoms with Crippen molar-refractivity contribution >= 4 is 18.0 Å². The Morgan fingerprint density at radius 1 is 1.10 bits per heavy atom. The van der Waals surface area contributed by atoms with Gasteiger partial charge in [-0.3, -0.25) is 14.8 Å². The molecule has 2 fully saturated rings. The van der Waals surface area contributed by atoms with Crippen LogP contribution < -0.4 is 10.8 Å². The molecule has 1 atom stereocenters. The Morgan fingerprint density at radius 2 is 1.83 bits per heavy atom. The fraction of sp³-hybridized carbons (Fsp3) is 0.565. The smallest absolute Gasteiger partial charge is 0.323 e. The van der Waals surface area contributed by atoms with Gasteiger partial charge in [0.1, 0.15) is 12.1 Å². The van der Waals surface area contributed by atoms with Crippen molar-refractivity contribution in [2.45, 2.75) is 76.5 Å². The molecule has 0 saturated heterocycles. The molecule has 6 nitrogen and oxygen atoms in total. The highest BCUT2D eigenvalue weighted by Gasteiger charge is 2.32. The van der Waals surface area contributed by atoms with E-state index in [9.17, 15) is 9.59 Å². The van der Waals surface area contributed by atoms with Crippen LogP contribution in [0.5, 0.6) is 0 Å². The van der Waals surface area contributed by atoms with Crippen LogP contribution in [0.25, 0.3) is 6.08 Å². The van der Waals surface area contributed by atoms with Gasteiger partial charge in [0, 0.05) is 12.6 Å². The van der Waals surface area contributed by atoms with E-state index in [1.807, 2.05) is 24.3 Å². The highest BCUT2D eigenvalue weighted by molar-refractivity contribution is 5.90. The molecule has 2 aliphatic carbocycles. The molecule has 0 radical (unpaired) electrons. The first kappa shape index (κ1) is 21.5. The summed E-state index contributed by atoms with van der Waals surface area (Å²) in [6.45, 7) is 0.564. The number of nitrogens with one attached hydrogen (secondary N) is 2. The molecule has 1 aromatic rings. The number of hydroxylamine groups is 1. The molecule has 1 aromatic carbocycles. The van der Waals surface area contributed by atoms with Crippen molar-refractivity contribution in [2.75, 3.05) is 0 Å². The van der Waals surface area contributed by atoms with Gasteiger partial charge in [-0.25, -0.2) is 5.48 Å². The highest BCUT2D eigenvalue weighted by Crippen LogP contribution is 2.29. The van der Waals surface area contributed by atoms with Crippen molar-refractivity contribution in [1.29, 1.82) is 0 Å². The molecule has 0 aliphatic heterocycles. The molecule has 158 valence electrons. The summed E-state index contributed by atoms with van der Waals surface area (Å²) >= 11 is 0. The van der Waals surface area contributed by atoms with E-state index in [0.717, 1.165) is 49.7 Å². The average molecular weight is 401 g/mol. The van der Waals surface area contributed by atoms with Gasteiger partial charge in [0.25, 0.3) is 5.91 Å². The van der Waals surface area contributed by atoms with Crippen molar-refractivity contribution in [3.63, 3.8) is 0 Å². The summed E-state index contributed by atoms with van der Waals surface area (Å²) < 4.78 is 5.84. The van der Waals surface area contributed by atoms with E-state index < -0.39 is 5.91 Å². The second kappa shape index (κ2) is 11.1. The lowest BCUT2D eigenvalue weighted by atomic mass is 9.83. The predicted molar refractivity (Wildman–Crippen MR) is 111 cm³/mol. The molecule has 3 rings (SSSR count). The molecular formula is C23H32N2O4. The fourth-order valence-corrected chi connectivity index (χ4v) is 4.40. The van der Waals surface area contributed by atoms with Crippen molar-refractivity contribution in [3.8, 4) is 0 Å². The second-order valence-electron chi connectivity index (χ2n) is 8.15. The lowest BCUT2D eigenvalue weighted by Crippen LogP contribution is -2.45. The first-order valence-corrected chi connectivity index (χ1v) is 10.8. The van der Waals surface area contributed by atoms with Crippen molar-refractivity contribution < 1.29 is 19.5 Å². The van der Waals surface area contributed by atoms with Gasteiger partial charge in [-0.15, -0.1) is 0 Å². The predicted octanol–water partition coefficient (Wildman–Crippen LogP) is 3.73. The molecule has 0 bridgehead atoms. The topological polar surface area (TPSA) is 87.7 Å². The van der Waals surface area contributed by atoms with Gasteiger partial charge in [0.2, 0.25) is 0 Å². The Bertz CT molecular complexity index is 707. The number of amides is 1. The summed E-state index contributed by atoms with van der Waals surface area (Å²) in [4.78, 5) is 24.1. The molecule has 2 saturated carbocycles. The first-order valence-electron chi connectivity index (χ1n) is 10.8. The zero-order valence-corrected chi connectivity index (χ0v) is 16.9. The maximum Gasteiger partial charge on any atom is 0.323 e. The monoisotopic (exact) mass is 400 g/mol. The summed E-state index contributed by atoms with van der Waals surface area (Å²) in [6.07, 6.45) is 13.0. The van der Waals surface area contributed by atoms with Crippen molar-refractivity contribution in [3.05, 3.63) is 41.5 Å². The number of benzene rings is 1. The maximum atomic E-state index is 12.9. The summed E-state index contributed by atoms with van der Waals surface area (Å²) in [5.74, 6) is -0.339.